The van der Waals surface area contributed by atoms with Gasteiger partial charge in [0.2, 0.25) is 0 Å². The van der Waals surface area contributed by atoms with Crippen molar-refractivity contribution in [2.24, 2.45) is 5.92 Å². The predicted octanol–water partition coefficient (Wildman–Crippen LogP) is 5.32. The van der Waals surface area contributed by atoms with Crippen molar-refractivity contribution in [1.29, 1.82) is 0 Å². The molecule has 2 heterocycles. The van der Waals surface area contributed by atoms with Crippen molar-refractivity contribution in [2.45, 2.75) is 38.2 Å². The molecule has 4 aromatic rings. The van der Waals surface area contributed by atoms with Crippen LogP contribution in [0.4, 0.5) is 0 Å². The molecule has 160 valence electrons. The summed E-state index contributed by atoms with van der Waals surface area (Å²) in [5.41, 5.74) is 3.26. The zero-order chi connectivity index (χ0) is 22.0. The summed E-state index contributed by atoms with van der Waals surface area (Å²) in [5.74, 6) is 2.66. The lowest BCUT2D eigenvalue weighted by molar-refractivity contribution is 0.415. The van der Waals surface area contributed by atoms with Crippen molar-refractivity contribution in [1.82, 2.24) is 14.8 Å². The van der Waals surface area contributed by atoms with Crippen molar-refractivity contribution >= 4 is 22.7 Å². The van der Waals surface area contributed by atoms with Crippen molar-refractivity contribution in [2.75, 3.05) is 7.11 Å². The third kappa shape index (κ3) is 4.66. The van der Waals surface area contributed by atoms with Gasteiger partial charge in [0.15, 0.2) is 11.0 Å². The maximum atomic E-state index is 12.1. The normalized spacial score (nSPS) is 11.4. The number of thioether (sulfide) groups is 1. The van der Waals surface area contributed by atoms with E-state index in [0.29, 0.717) is 17.3 Å². The van der Waals surface area contributed by atoms with Gasteiger partial charge >= 0.3 is 5.63 Å². The number of aryl methyl sites for hydroxylation is 1. The highest BCUT2D eigenvalue weighted by Crippen LogP contribution is 2.30. The zero-order valence-electron chi connectivity index (χ0n) is 18.1. The van der Waals surface area contributed by atoms with Gasteiger partial charge in [-0.3, -0.25) is 0 Å². The minimum absolute atomic E-state index is 0.337. The maximum absolute atomic E-state index is 12.1. The molecule has 0 unspecified atom stereocenters. The van der Waals surface area contributed by atoms with Crippen LogP contribution in [-0.2, 0) is 12.3 Å². The Bertz CT molecular complexity index is 1260. The first kappa shape index (κ1) is 21.2. The van der Waals surface area contributed by atoms with Gasteiger partial charge in [0.1, 0.15) is 11.3 Å². The van der Waals surface area contributed by atoms with Crippen LogP contribution in [0.1, 0.15) is 25.0 Å². The number of aromatic nitrogens is 3. The van der Waals surface area contributed by atoms with Gasteiger partial charge in [-0.2, -0.15) is 0 Å². The van der Waals surface area contributed by atoms with E-state index in [1.807, 2.05) is 49.4 Å². The molecule has 4 rings (SSSR count). The Labute approximate surface area is 185 Å². The molecule has 0 saturated heterocycles. The van der Waals surface area contributed by atoms with E-state index in [9.17, 15) is 4.79 Å². The summed E-state index contributed by atoms with van der Waals surface area (Å²) in [5, 5.41) is 10.7. The Balaban J connectivity index is 1.66. The second-order valence-electron chi connectivity index (χ2n) is 7.92. The molecule has 6 nitrogen and oxygen atoms in total. The number of fused-ring (bicyclic) bond motifs is 1. The molecule has 0 aliphatic heterocycles. The average molecular weight is 436 g/mol. The van der Waals surface area contributed by atoms with E-state index in [2.05, 4.69) is 28.6 Å². The summed E-state index contributed by atoms with van der Waals surface area (Å²) in [7, 11) is 1.65. The Morgan fingerprint density at radius 3 is 2.58 bits per heavy atom. The summed E-state index contributed by atoms with van der Waals surface area (Å²) >= 11 is 1.58. The summed E-state index contributed by atoms with van der Waals surface area (Å²) in [4.78, 5) is 12.1. The Morgan fingerprint density at radius 2 is 1.87 bits per heavy atom. The number of hydrogen-bond acceptors (Lipinski definition) is 6. The SMILES string of the molecule is COc1ccc(-c2nnc(SCc3cc(=O)oc4cc(C)ccc34)n2CC(C)C)cc1. The van der Waals surface area contributed by atoms with Crippen LogP contribution in [0.25, 0.3) is 22.4 Å². The molecule has 7 heteroatoms. The van der Waals surface area contributed by atoms with Gasteiger partial charge in [-0.1, -0.05) is 37.7 Å². The van der Waals surface area contributed by atoms with Crippen LogP contribution in [0.5, 0.6) is 5.75 Å². The zero-order valence-corrected chi connectivity index (χ0v) is 18.9. The van der Waals surface area contributed by atoms with Crippen molar-refractivity contribution in [3.8, 4) is 17.1 Å². The highest BCUT2D eigenvalue weighted by molar-refractivity contribution is 7.98. The fourth-order valence-electron chi connectivity index (χ4n) is 3.48. The highest BCUT2D eigenvalue weighted by atomic mass is 32.2. The molecule has 0 spiro atoms. The van der Waals surface area contributed by atoms with Gasteiger partial charge in [0, 0.05) is 29.3 Å². The average Bonchev–Trinajstić information content (AvgIpc) is 3.13. The number of methoxy groups -OCH3 is 1. The van der Waals surface area contributed by atoms with Crippen molar-refractivity contribution < 1.29 is 9.15 Å². The minimum atomic E-state index is -0.337. The van der Waals surface area contributed by atoms with Gasteiger partial charge < -0.3 is 13.7 Å². The quantitative estimate of drug-likeness (QED) is 0.289. The number of nitrogens with zero attached hydrogens (tertiary/aromatic N) is 3. The molecule has 2 aromatic carbocycles. The van der Waals surface area contributed by atoms with Crippen LogP contribution >= 0.6 is 11.8 Å². The first-order chi connectivity index (χ1) is 14.9. The fourth-order valence-corrected chi connectivity index (χ4v) is 4.42. The van der Waals surface area contributed by atoms with Crippen LogP contribution in [0.15, 0.2) is 62.9 Å². The lowest BCUT2D eigenvalue weighted by Gasteiger charge is -2.13. The first-order valence-corrected chi connectivity index (χ1v) is 11.2. The van der Waals surface area contributed by atoms with Gasteiger partial charge in [0.25, 0.3) is 0 Å². The van der Waals surface area contributed by atoms with E-state index < -0.39 is 0 Å². The Hall–Kier alpha value is -3.06. The van der Waals surface area contributed by atoms with E-state index >= 15 is 0 Å². The highest BCUT2D eigenvalue weighted by Gasteiger charge is 2.17. The lowest BCUT2D eigenvalue weighted by atomic mass is 10.1. The van der Waals surface area contributed by atoms with Crippen LogP contribution in [0, 0.1) is 12.8 Å². The molecule has 2 aromatic heterocycles. The van der Waals surface area contributed by atoms with E-state index in [0.717, 1.165) is 45.4 Å². The lowest BCUT2D eigenvalue weighted by Crippen LogP contribution is -2.08. The largest absolute Gasteiger partial charge is 0.497 e. The number of rotatable bonds is 7. The molecule has 0 bridgehead atoms. The third-order valence-corrected chi connectivity index (χ3v) is 5.97. The third-order valence-electron chi connectivity index (χ3n) is 4.96. The molecule has 0 fully saturated rings. The number of ether oxygens (including phenoxy) is 1. The summed E-state index contributed by atoms with van der Waals surface area (Å²) in [6.45, 7) is 7.12. The summed E-state index contributed by atoms with van der Waals surface area (Å²) < 4.78 is 12.8. The van der Waals surface area contributed by atoms with E-state index in [1.54, 1.807) is 24.9 Å². The predicted molar refractivity (Wildman–Crippen MR) is 124 cm³/mol. The second kappa shape index (κ2) is 8.98. The summed E-state index contributed by atoms with van der Waals surface area (Å²) in [6.07, 6.45) is 0. The topological polar surface area (TPSA) is 70.2 Å². The second-order valence-corrected chi connectivity index (χ2v) is 8.86. The Morgan fingerprint density at radius 1 is 1.10 bits per heavy atom. The monoisotopic (exact) mass is 435 g/mol. The van der Waals surface area contributed by atoms with Gasteiger partial charge in [-0.05, 0) is 54.3 Å². The summed E-state index contributed by atoms with van der Waals surface area (Å²) in [6, 6.07) is 15.3. The van der Waals surface area contributed by atoms with Gasteiger partial charge in [-0.25, -0.2) is 4.79 Å². The van der Waals surface area contributed by atoms with E-state index in [-0.39, 0.29) is 5.63 Å². The molecule has 0 atom stereocenters. The first-order valence-electron chi connectivity index (χ1n) is 10.2. The standard InChI is InChI=1S/C24H25N3O3S/c1-15(2)13-27-23(17-6-8-19(29-4)9-7-17)25-26-24(27)31-14-18-12-22(28)30-21-11-16(3)5-10-20(18)21/h5-12,15H,13-14H2,1-4H3. The Kier molecular flexibility index (Phi) is 6.13. The molecule has 0 saturated carbocycles. The molecule has 0 amide bonds. The number of hydrogen-bond donors (Lipinski definition) is 0. The maximum Gasteiger partial charge on any atom is 0.336 e. The van der Waals surface area contributed by atoms with Crippen LogP contribution in [0.3, 0.4) is 0 Å². The van der Waals surface area contributed by atoms with Crippen LogP contribution in [-0.4, -0.2) is 21.9 Å². The van der Waals surface area contributed by atoms with Crippen LogP contribution < -0.4 is 10.4 Å². The molecule has 0 N–H and O–H groups in total. The van der Waals surface area contributed by atoms with E-state index in [4.69, 9.17) is 9.15 Å². The van der Waals surface area contributed by atoms with Crippen molar-refractivity contribution in [3.05, 3.63) is 70.1 Å². The minimum Gasteiger partial charge on any atom is -0.497 e. The molecule has 0 aliphatic carbocycles. The van der Waals surface area contributed by atoms with E-state index in [1.165, 1.54) is 0 Å². The number of benzene rings is 2. The molecule has 0 radical (unpaired) electrons. The van der Waals surface area contributed by atoms with Crippen molar-refractivity contribution in [3.63, 3.8) is 0 Å². The smallest absolute Gasteiger partial charge is 0.336 e. The molecule has 31 heavy (non-hydrogen) atoms. The van der Waals surface area contributed by atoms with Crippen LogP contribution in [0.2, 0.25) is 0 Å². The molecular formula is C24H25N3O3S. The van der Waals surface area contributed by atoms with Gasteiger partial charge in [0.05, 0.1) is 7.11 Å². The molecular weight excluding hydrogens is 410 g/mol. The van der Waals surface area contributed by atoms with Gasteiger partial charge in [-0.15, -0.1) is 10.2 Å². The fraction of sp³-hybridized carbons (Fsp3) is 0.292. The molecule has 0 aliphatic rings.